The zero-order valence-corrected chi connectivity index (χ0v) is 26.1. The van der Waals surface area contributed by atoms with Gasteiger partial charge in [-0.25, -0.2) is 4.79 Å². The molecule has 11 unspecified atom stereocenters. The fourth-order valence-corrected chi connectivity index (χ4v) is 6.62. The lowest BCUT2D eigenvalue weighted by molar-refractivity contribution is -0.264. The zero-order valence-electron chi connectivity index (χ0n) is 26.1. The number of carbonyl (C=O) groups is 5. The molecular formula is C30H42O14. The molecule has 0 saturated carbocycles. The van der Waals surface area contributed by atoms with Gasteiger partial charge in [0, 0.05) is 38.5 Å². The molecule has 0 spiro atoms. The Morgan fingerprint density at radius 1 is 0.909 bits per heavy atom. The zero-order chi connectivity index (χ0) is 33.6. The predicted octanol–water partition coefficient (Wildman–Crippen LogP) is 0.165. The Balaban J connectivity index is 2.56. The van der Waals surface area contributed by atoms with Crippen LogP contribution in [0.2, 0.25) is 0 Å². The maximum Gasteiger partial charge on any atom is 0.341 e. The Hall–Kier alpha value is -3.33. The topological polar surface area (TPSA) is 212 Å². The van der Waals surface area contributed by atoms with Crippen molar-refractivity contribution < 1.29 is 68.1 Å². The van der Waals surface area contributed by atoms with Crippen LogP contribution in [0.15, 0.2) is 23.8 Å². The van der Waals surface area contributed by atoms with Crippen molar-refractivity contribution in [2.75, 3.05) is 0 Å². The minimum Gasteiger partial charge on any atom is -0.459 e. The van der Waals surface area contributed by atoms with Gasteiger partial charge in [-0.05, 0) is 38.8 Å². The normalized spacial score (nSPS) is 41.7. The Morgan fingerprint density at radius 3 is 1.98 bits per heavy atom. The van der Waals surface area contributed by atoms with Gasteiger partial charge in [0.25, 0.3) is 0 Å². The van der Waals surface area contributed by atoms with E-state index < -0.39 is 94.6 Å². The van der Waals surface area contributed by atoms with Crippen LogP contribution in [-0.2, 0) is 47.7 Å². The molecule has 0 aromatic carbocycles. The molecule has 11 atom stereocenters. The summed E-state index contributed by atoms with van der Waals surface area (Å²) in [6.07, 6.45) is -6.44. The third-order valence-corrected chi connectivity index (χ3v) is 8.79. The van der Waals surface area contributed by atoms with E-state index in [4.69, 9.17) is 23.7 Å². The molecule has 246 valence electrons. The van der Waals surface area contributed by atoms with Gasteiger partial charge in [-0.3, -0.25) is 19.2 Å². The minimum atomic E-state index is -2.86. The number of ether oxygens (including phenoxy) is 5. The Bertz CT molecular complexity index is 1250. The molecular weight excluding hydrogens is 584 g/mol. The first kappa shape index (κ1) is 35.2. The average Bonchev–Trinajstić information content (AvgIpc) is 3.05. The van der Waals surface area contributed by atoms with Crippen LogP contribution in [0.3, 0.4) is 0 Å². The van der Waals surface area contributed by atoms with Crippen LogP contribution in [0.5, 0.6) is 0 Å². The molecule has 1 heterocycles. The molecule has 0 amide bonds. The maximum atomic E-state index is 13.1. The van der Waals surface area contributed by atoms with E-state index in [0.29, 0.717) is 6.42 Å². The highest BCUT2D eigenvalue weighted by molar-refractivity contribution is 5.84. The Labute approximate surface area is 254 Å². The van der Waals surface area contributed by atoms with Crippen molar-refractivity contribution in [2.45, 2.75) is 122 Å². The van der Waals surface area contributed by atoms with E-state index in [-0.39, 0.29) is 12.0 Å². The second kappa shape index (κ2) is 12.2. The second-order valence-electron chi connectivity index (χ2n) is 12.3. The number of aliphatic hydroxyl groups excluding tert-OH is 1. The van der Waals surface area contributed by atoms with Crippen LogP contribution >= 0.6 is 0 Å². The SMILES string of the molecule is CCCC(=O)OC1C(OC(C)=O)C(C)=CC2OC(=O)C(C)(O)C2(O)C(OC(C)=O)C2C(C)(O)C(O)C=CC2(C)C1OC(C)=O. The number of carbonyl (C=O) groups excluding carboxylic acids is 5. The first-order valence-corrected chi connectivity index (χ1v) is 14.3. The van der Waals surface area contributed by atoms with Crippen molar-refractivity contribution in [1.82, 2.24) is 0 Å². The fourth-order valence-electron chi connectivity index (χ4n) is 6.62. The summed E-state index contributed by atoms with van der Waals surface area (Å²) in [5.41, 5.74) is -9.81. The predicted molar refractivity (Wildman–Crippen MR) is 148 cm³/mol. The molecule has 0 aromatic heterocycles. The van der Waals surface area contributed by atoms with Gasteiger partial charge in [0.2, 0.25) is 0 Å². The molecule has 0 aromatic rings. The van der Waals surface area contributed by atoms with Crippen molar-refractivity contribution in [3.8, 4) is 0 Å². The van der Waals surface area contributed by atoms with Crippen LogP contribution in [-0.4, -0.2) is 104 Å². The molecule has 14 heteroatoms. The lowest BCUT2D eigenvalue weighted by Crippen LogP contribution is -2.74. The molecule has 0 bridgehead atoms. The maximum absolute atomic E-state index is 13.1. The number of esters is 5. The standard InChI is InChI=1S/C30H42O14/c1-9-10-20(35)44-22-21(40-15(3)31)14(2)13-19-30(39,29(8,38)26(36)43-19)25(42-17(5)33)23-27(6,24(22)41-16(4)32)12-11-18(34)28(23,7)37/h11-13,18-19,21-25,34,37-39H,9-10H2,1-8H3. The van der Waals surface area contributed by atoms with Crippen LogP contribution < -0.4 is 0 Å². The van der Waals surface area contributed by atoms with Crippen molar-refractivity contribution in [1.29, 1.82) is 0 Å². The molecule has 3 aliphatic rings. The number of hydrogen-bond acceptors (Lipinski definition) is 14. The van der Waals surface area contributed by atoms with Gasteiger partial charge in [0.05, 0.1) is 5.60 Å². The van der Waals surface area contributed by atoms with Gasteiger partial charge in [-0.15, -0.1) is 0 Å². The molecule has 4 N–H and O–H groups in total. The fraction of sp³-hybridized carbons (Fsp3) is 0.700. The van der Waals surface area contributed by atoms with E-state index in [1.165, 1.54) is 26.0 Å². The molecule has 1 saturated heterocycles. The summed E-state index contributed by atoms with van der Waals surface area (Å²) in [6.45, 7) is 9.76. The average molecular weight is 627 g/mol. The van der Waals surface area contributed by atoms with Gasteiger partial charge in [0.1, 0.15) is 12.2 Å². The summed E-state index contributed by atoms with van der Waals surface area (Å²) < 4.78 is 28.3. The summed E-state index contributed by atoms with van der Waals surface area (Å²) in [5.74, 6) is -6.54. The Morgan fingerprint density at radius 2 is 1.45 bits per heavy atom. The number of hydrogen-bond donors (Lipinski definition) is 4. The van der Waals surface area contributed by atoms with Crippen LogP contribution in [0.4, 0.5) is 0 Å². The van der Waals surface area contributed by atoms with Gasteiger partial charge in [-0.2, -0.15) is 0 Å². The van der Waals surface area contributed by atoms with E-state index in [1.54, 1.807) is 6.92 Å². The highest BCUT2D eigenvalue weighted by Gasteiger charge is 2.75. The van der Waals surface area contributed by atoms with E-state index in [1.807, 2.05) is 0 Å². The van der Waals surface area contributed by atoms with Crippen molar-refractivity contribution >= 4 is 29.8 Å². The van der Waals surface area contributed by atoms with Crippen LogP contribution in [0, 0.1) is 11.3 Å². The third-order valence-electron chi connectivity index (χ3n) is 8.79. The van der Waals surface area contributed by atoms with Crippen molar-refractivity contribution in [3.63, 3.8) is 0 Å². The quantitative estimate of drug-likeness (QED) is 0.176. The van der Waals surface area contributed by atoms with E-state index in [2.05, 4.69) is 0 Å². The number of aliphatic hydroxyl groups is 4. The van der Waals surface area contributed by atoms with E-state index in [9.17, 15) is 44.4 Å². The second-order valence-corrected chi connectivity index (χ2v) is 12.3. The van der Waals surface area contributed by atoms with Crippen LogP contribution in [0.1, 0.15) is 68.2 Å². The minimum absolute atomic E-state index is 0.0378. The summed E-state index contributed by atoms with van der Waals surface area (Å²) in [4.78, 5) is 63.8. The summed E-state index contributed by atoms with van der Waals surface area (Å²) in [7, 11) is 0. The highest BCUT2D eigenvalue weighted by Crippen LogP contribution is 2.56. The first-order chi connectivity index (χ1) is 20.2. The number of rotatable bonds is 6. The number of fused-ring (bicyclic) bond motifs is 2. The van der Waals surface area contributed by atoms with Gasteiger partial charge < -0.3 is 44.1 Å². The molecule has 2 aliphatic carbocycles. The molecule has 0 radical (unpaired) electrons. The van der Waals surface area contributed by atoms with Gasteiger partial charge >= 0.3 is 29.8 Å². The molecule has 44 heavy (non-hydrogen) atoms. The van der Waals surface area contributed by atoms with Crippen molar-refractivity contribution in [2.24, 2.45) is 11.3 Å². The first-order valence-electron chi connectivity index (χ1n) is 14.3. The molecule has 14 nitrogen and oxygen atoms in total. The molecule has 1 fully saturated rings. The van der Waals surface area contributed by atoms with E-state index in [0.717, 1.165) is 40.7 Å². The van der Waals surface area contributed by atoms with E-state index >= 15 is 0 Å². The van der Waals surface area contributed by atoms with Gasteiger partial charge in [-0.1, -0.05) is 26.0 Å². The lowest BCUT2D eigenvalue weighted by Gasteiger charge is -2.57. The highest BCUT2D eigenvalue weighted by atomic mass is 16.6. The summed E-state index contributed by atoms with van der Waals surface area (Å²) >= 11 is 0. The molecule has 1 aliphatic heterocycles. The summed E-state index contributed by atoms with van der Waals surface area (Å²) in [6, 6.07) is 0. The summed E-state index contributed by atoms with van der Waals surface area (Å²) in [5, 5.41) is 46.8. The largest absolute Gasteiger partial charge is 0.459 e. The monoisotopic (exact) mass is 626 g/mol. The third kappa shape index (κ3) is 5.87. The smallest absolute Gasteiger partial charge is 0.341 e. The van der Waals surface area contributed by atoms with Crippen LogP contribution in [0.25, 0.3) is 0 Å². The van der Waals surface area contributed by atoms with Crippen molar-refractivity contribution in [3.05, 3.63) is 23.8 Å². The molecule has 3 rings (SSSR count). The lowest BCUT2D eigenvalue weighted by atomic mass is 9.53. The van der Waals surface area contributed by atoms with Gasteiger partial charge in [0.15, 0.2) is 35.6 Å². The Kier molecular flexibility index (Phi) is 9.76.